The number of fused-ring (bicyclic) bond motifs is 3. The Kier molecular flexibility index (Phi) is 9.73. The van der Waals surface area contributed by atoms with Gasteiger partial charge in [-0.05, 0) is 42.5 Å². The number of hydrogen-bond donors (Lipinski definition) is 2. The van der Waals surface area contributed by atoms with Crippen LogP contribution in [-0.2, 0) is 15.0 Å². The average molecular weight is 500 g/mol. The number of aliphatic hydroxyl groups is 1. The van der Waals surface area contributed by atoms with Gasteiger partial charge in [-0.25, -0.2) is 0 Å². The highest BCUT2D eigenvalue weighted by Crippen LogP contribution is 2.58. The van der Waals surface area contributed by atoms with Crippen molar-refractivity contribution in [3.05, 3.63) is 28.8 Å². The monoisotopic (exact) mass is 499 g/mol. The number of amides is 1. The molecular formula is C30H45NO5. The molecule has 1 amide bonds. The Bertz CT molecular complexity index is 955. The number of esters is 1. The molecule has 1 aromatic carbocycles. The van der Waals surface area contributed by atoms with Crippen molar-refractivity contribution < 1.29 is 24.2 Å². The van der Waals surface area contributed by atoms with E-state index in [1.165, 1.54) is 45.4 Å². The molecule has 3 rings (SSSR count). The van der Waals surface area contributed by atoms with Crippen molar-refractivity contribution in [3.63, 3.8) is 0 Å². The van der Waals surface area contributed by atoms with Crippen molar-refractivity contribution in [1.82, 2.24) is 5.32 Å². The van der Waals surface area contributed by atoms with E-state index in [9.17, 15) is 19.5 Å². The topological polar surface area (TPSA) is 92.7 Å². The molecule has 1 fully saturated rings. The lowest BCUT2D eigenvalue weighted by Crippen LogP contribution is -2.39. The first-order valence-corrected chi connectivity index (χ1v) is 14.0. The van der Waals surface area contributed by atoms with Crippen LogP contribution in [0.5, 0.6) is 5.75 Å². The molecule has 1 aliphatic carbocycles. The van der Waals surface area contributed by atoms with E-state index < -0.39 is 5.41 Å². The maximum atomic E-state index is 13.0. The van der Waals surface area contributed by atoms with Gasteiger partial charge in [-0.1, -0.05) is 79.1 Å². The molecule has 0 spiro atoms. The molecule has 0 aromatic heterocycles. The molecule has 6 nitrogen and oxygen atoms in total. The average Bonchev–Trinajstić information content (AvgIpc) is 3.31. The van der Waals surface area contributed by atoms with Crippen LogP contribution >= 0.6 is 0 Å². The summed E-state index contributed by atoms with van der Waals surface area (Å²) in [5.41, 5.74) is 1.70. The molecule has 1 saturated heterocycles. The second kappa shape index (κ2) is 12.4. The Morgan fingerprint density at radius 3 is 2.22 bits per heavy atom. The molecule has 2 aliphatic rings. The molecule has 36 heavy (non-hydrogen) atoms. The fourth-order valence-electron chi connectivity index (χ4n) is 6.25. The molecule has 1 aromatic rings. The van der Waals surface area contributed by atoms with Crippen LogP contribution in [0.4, 0.5) is 0 Å². The molecule has 0 bridgehead atoms. The maximum absolute atomic E-state index is 13.0. The summed E-state index contributed by atoms with van der Waals surface area (Å²) in [5, 5.41) is 12.9. The summed E-state index contributed by atoms with van der Waals surface area (Å²) in [6, 6.07) is 3.23. The zero-order valence-corrected chi connectivity index (χ0v) is 22.8. The maximum Gasteiger partial charge on any atom is 0.311 e. The Balaban J connectivity index is 1.72. The van der Waals surface area contributed by atoms with E-state index in [1.54, 1.807) is 6.07 Å². The first kappa shape index (κ1) is 28.4. The van der Waals surface area contributed by atoms with Crippen LogP contribution in [0.3, 0.4) is 0 Å². The number of hydrogen-bond acceptors (Lipinski definition) is 5. The highest BCUT2D eigenvalue weighted by Gasteiger charge is 2.60. The number of carbonyl (C=O) groups excluding carboxylic acids is 3. The van der Waals surface area contributed by atoms with E-state index in [0.29, 0.717) is 12.0 Å². The number of aliphatic hydroxyl groups excluding tert-OH is 1. The van der Waals surface area contributed by atoms with Gasteiger partial charge in [0.25, 0.3) is 0 Å². The quantitative estimate of drug-likeness (QED) is 0.145. The fraction of sp³-hybridized carbons (Fsp3) is 0.700. The van der Waals surface area contributed by atoms with Crippen molar-refractivity contribution in [2.75, 3.05) is 6.61 Å². The number of nitrogens with one attached hydrogen (secondary N) is 1. The van der Waals surface area contributed by atoms with Gasteiger partial charge >= 0.3 is 5.97 Å². The lowest BCUT2D eigenvalue weighted by Gasteiger charge is -2.35. The second-order valence-corrected chi connectivity index (χ2v) is 11.3. The normalized spacial score (nSPS) is 24.5. The number of ether oxygens (including phenoxy) is 1. The van der Waals surface area contributed by atoms with Crippen LogP contribution in [0.2, 0.25) is 0 Å². The third-order valence-corrected chi connectivity index (χ3v) is 8.62. The van der Waals surface area contributed by atoms with Gasteiger partial charge in [-0.3, -0.25) is 14.4 Å². The highest BCUT2D eigenvalue weighted by atomic mass is 16.5. The number of Topliss-reactive ketones (excluding diaryl/α,β-unsaturated/α-hetero) is 1. The van der Waals surface area contributed by atoms with Crippen LogP contribution in [0, 0.1) is 11.8 Å². The zero-order chi connectivity index (χ0) is 26.5. The van der Waals surface area contributed by atoms with E-state index in [-0.39, 0.29) is 53.8 Å². The van der Waals surface area contributed by atoms with Crippen LogP contribution in [0.1, 0.15) is 126 Å². The van der Waals surface area contributed by atoms with Gasteiger partial charge in [0.1, 0.15) is 5.75 Å². The first-order chi connectivity index (χ1) is 17.2. The predicted octanol–water partition coefficient (Wildman–Crippen LogP) is 5.83. The van der Waals surface area contributed by atoms with Crippen LogP contribution in [0.25, 0.3) is 0 Å². The van der Waals surface area contributed by atoms with Crippen LogP contribution in [-0.4, -0.2) is 35.4 Å². The predicted molar refractivity (Wildman–Crippen MR) is 141 cm³/mol. The van der Waals surface area contributed by atoms with E-state index in [0.717, 1.165) is 30.4 Å². The van der Waals surface area contributed by atoms with Gasteiger partial charge < -0.3 is 15.2 Å². The lowest BCUT2D eigenvalue weighted by atomic mass is 9.67. The lowest BCUT2D eigenvalue weighted by molar-refractivity contribution is -0.134. The minimum atomic E-state index is -0.498. The molecular weight excluding hydrogens is 454 g/mol. The van der Waals surface area contributed by atoms with Gasteiger partial charge in [0.15, 0.2) is 5.78 Å². The van der Waals surface area contributed by atoms with Gasteiger partial charge in [0.05, 0.1) is 24.1 Å². The molecule has 200 valence electrons. The summed E-state index contributed by atoms with van der Waals surface area (Å²) >= 11 is 0. The smallest absolute Gasteiger partial charge is 0.311 e. The summed E-state index contributed by atoms with van der Waals surface area (Å²) in [6.45, 7) is 9.77. The standard InChI is InChI=1S/C30H45NO5/c1-6-7-8-9-10-11-12-13-14-15-26(34)36-25-17-23-22(16-21(25)20(4)33)27-24(18-32)31-29(35)28(27)30(23,5)19(2)3/h16-17,19,24,27-28,32H,6-15,18H2,1-5H3,(H,31,35)/t24-,27-,28-,30+/m1/s1. The summed E-state index contributed by atoms with van der Waals surface area (Å²) in [5.74, 6) is -0.711. The van der Waals surface area contributed by atoms with Crippen LogP contribution in [0.15, 0.2) is 12.1 Å². The van der Waals surface area contributed by atoms with E-state index in [1.807, 2.05) is 6.07 Å². The molecule has 0 unspecified atom stereocenters. The van der Waals surface area contributed by atoms with E-state index in [4.69, 9.17) is 4.74 Å². The zero-order valence-electron chi connectivity index (χ0n) is 22.8. The molecule has 0 saturated carbocycles. The van der Waals surface area contributed by atoms with Gasteiger partial charge in [0.2, 0.25) is 5.91 Å². The summed E-state index contributed by atoms with van der Waals surface area (Å²) in [7, 11) is 0. The van der Waals surface area contributed by atoms with Crippen molar-refractivity contribution >= 4 is 17.7 Å². The Labute approximate surface area is 216 Å². The summed E-state index contributed by atoms with van der Waals surface area (Å²) < 4.78 is 5.77. The van der Waals surface area contributed by atoms with E-state index >= 15 is 0 Å². The molecule has 4 atom stereocenters. The largest absolute Gasteiger partial charge is 0.426 e. The second-order valence-electron chi connectivity index (χ2n) is 11.3. The number of rotatable bonds is 14. The van der Waals surface area contributed by atoms with Crippen LogP contribution < -0.4 is 10.1 Å². The number of ketones is 1. The molecule has 2 N–H and O–H groups in total. The number of carbonyl (C=O) groups is 3. The van der Waals surface area contributed by atoms with Crippen molar-refractivity contribution in [2.24, 2.45) is 11.8 Å². The first-order valence-electron chi connectivity index (χ1n) is 14.0. The third kappa shape index (κ3) is 5.69. The molecule has 1 heterocycles. The van der Waals surface area contributed by atoms with Gasteiger partial charge in [-0.15, -0.1) is 0 Å². The van der Waals surface area contributed by atoms with Crippen molar-refractivity contribution in [2.45, 2.75) is 116 Å². The Morgan fingerprint density at radius 1 is 1.06 bits per heavy atom. The van der Waals surface area contributed by atoms with Gasteiger partial charge in [0, 0.05) is 17.8 Å². The van der Waals surface area contributed by atoms with E-state index in [2.05, 4.69) is 33.0 Å². The molecule has 1 aliphatic heterocycles. The molecule has 6 heteroatoms. The van der Waals surface area contributed by atoms with Gasteiger partial charge in [-0.2, -0.15) is 0 Å². The Morgan fingerprint density at radius 2 is 1.67 bits per heavy atom. The number of unbranched alkanes of at least 4 members (excludes halogenated alkanes) is 8. The highest BCUT2D eigenvalue weighted by molar-refractivity contribution is 5.98. The number of benzene rings is 1. The minimum Gasteiger partial charge on any atom is -0.426 e. The summed E-state index contributed by atoms with van der Waals surface area (Å²) in [6.07, 6.45) is 10.9. The fourth-order valence-corrected chi connectivity index (χ4v) is 6.25. The van der Waals surface area contributed by atoms with Crippen molar-refractivity contribution in [3.8, 4) is 5.75 Å². The summed E-state index contributed by atoms with van der Waals surface area (Å²) in [4.78, 5) is 38.2. The molecule has 0 radical (unpaired) electrons. The van der Waals surface area contributed by atoms with Crippen molar-refractivity contribution in [1.29, 1.82) is 0 Å². The SMILES string of the molecule is CCCCCCCCCCCC(=O)Oc1cc2c(cc1C(C)=O)[C@@H]1[C@@H](CO)NC(=O)[C@@H]1[C@@]2(C)C(C)C. The Hall–Kier alpha value is -2.21. The third-order valence-electron chi connectivity index (χ3n) is 8.62. The minimum absolute atomic E-state index is 0.0697.